The predicted octanol–water partition coefficient (Wildman–Crippen LogP) is 0.779. The van der Waals surface area contributed by atoms with Gasteiger partial charge in [-0.25, -0.2) is 0 Å². The van der Waals surface area contributed by atoms with E-state index in [0.717, 1.165) is 19.3 Å². The maximum atomic E-state index is 12.1. The van der Waals surface area contributed by atoms with E-state index in [2.05, 4.69) is 5.32 Å². The van der Waals surface area contributed by atoms with E-state index >= 15 is 0 Å². The van der Waals surface area contributed by atoms with Crippen LogP contribution in [0.2, 0.25) is 0 Å². The zero-order valence-electron chi connectivity index (χ0n) is 10.2. The van der Waals surface area contributed by atoms with E-state index < -0.39 is 17.8 Å². The molecule has 1 amide bonds. The van der Waals surface area contributed by atoms with Crippen molar-refractivity contribution in [1.82, 2.24) is 5.32 Å². The minimum atomic E-state index is -0.915. The van der Waals surface area contributed by atoms with Crippen LogP contribution in [0.5, 0.6) is 0 Å². The van der Waals surface area contributed by atoms with E-state index in [0.29, 0.717) is 0 Å². The van der Waals surface area contributed by atoms with Crippen molar-refractivity contribution in [3.8, 4) is 0 Å². The molecule has 2 N–H and O–H groups in total. The SMILES string of the molecule is CC[C@H](C)NC(=O)[C@@H]1[C@@H](C(=O)O)[C@H]2CC[C@@H]1O2. The van der Waals surface area contributed by atoms with Gasteiger partial charge < -0.3 is 15.2 Å². The van der Waals surface area contributed by atoms with E-state index in [4.69, 9.17) is 4.74 Å². The second-order valence-electron chi connectivity index (χ2n) is 5.00. The van der Waals surface area contributed by atoms with Gasteiger partial charge in [0.05, 0.1) is 24.0 Å². The van der Waals surface area contributed by atoms with Crippen LogP contribution in [0.15, 0.2) is 0 Å². The number of hydrogen-bond acceptors (Lipinski definition) is 3. The highest BCUT2D eigenvalue weighted by molar-refractivity contribution is 5.86. The zero-order valence-corrected chi connectivity index (χ0v) is 10.2. The highest BCUT2D eigenvalue weighted by Gasteiger charge is 2.55. The summed E-state index contributed by atoms with van der Waals surface area (Å²) >= 11 is 0. The van der Waals surface area contributed by atoms with Crippen molar-refractivity contribution in [3.05, 3.63) is 0 Å². The number of carboxylic acids is 1. The first-order valence-corrected chi connectivity index (χ1v) is 6.23. The molecule has 5 heteroatoms. The number of nitrogens with one attached hydrogen (secondary N) is 1. The molecular weight excluding hydrogens is 222 g/mol. The number of hydrogen-bond donors (Lipinski definition) is 2. The second kappa shape index (κ2) is 4.64. The van der Waals surface area contributed by atoms with E-state index in [-0.39, 0.29) is 24.2 Å². The molecule has 2 heterocycles. The summed E-state index contributed by atoms with van der Waals surface area (Å²) in [5.74, 6) is -2.27. The van der Waals surface area contributed by atoms with Crippen LogP contribution in [0, 0.1) is 11.8 Å². The Morgan fingerprint density at radius 2 is 1.94 bits per heavy atom. The summed E-state index contributed by atoms with van der Waals surface area (Å²) in [6, 6.07) is 0.0797. The number of amides is 1. The fourth-order valence-corrected chi connectivity index (χ4v) is 2.77. The van der Waals surface area contributed by atoms with Gasteiger partial charge in [-0.15, -0.1) is 0 Å². The molecule has 0 saturated carbocycles. The number of carbonyl (C=O) groups excluding carboxylic acids is 1. The molecule has 96 valence electrons. The summed E-state index contributed by atoms with van der Waals surface area (Å²) in [7, 11) is 0. The van der Waals surface area contributed by atoms with E-state index in [1.54, 1.807) is 0 Å². The average Bonchev–Trinajstić information content (AvgIpc) is 2.87. The molecule has 0 unspecified atom stereocenters. The number of aliphatic carboxylic acids is 1. The molecule has 2 rings (SSSR count). The molecule has 2 bridgehead atoms. The Bertz CT molecular complexity index is 330. The van der Waals surface area contributed by atoms with Crippen molar-refractivity contribution < 1.29 is 19.4 Å². The fraction of sp³-hybridized carbons (Fsp3) is 0.833. The maximum absolute atomic E-state index is 12.1. The van der Waals surface area contributed by atoms with Crippen LogP contribution >= 0.6 is 0 Å². The van der Waals surface area contributed by atoms with Crippen molar-refractivity contribution in [2.75, 3.05) is 0 Å². The van der Waals surface area contributed by atoms with Crippen LogP contribution in [0.3, 0.4) is 0 Å². The smallest absolute Gasteiger partial charge is 0.310 e. The van der Waals surface area contributed by atoms with Gasteiger partial charge in [-0.2, -0.15) is 0 Å². The predicted molar refractivity (Wildman–Crippen MR) is 60.4 cm³/mol. The van der Waals surface area contributed by atoms with Crippen LogP contribution in [-0.4, -0.2) is 35.2 Å². The molecule has 0 aliphatic carbocycles. The Balaban J connectivity index is 2.08. The standard InChI is InChI=1S/C12H19NO4/c1-3-6(2)13-11(14)9-7-4-5-8(17-7)10(9)12(15)16/h6-10H,3-5H2,1-2H3,(H,13,14)(H,15,16)/t6-,7-,8+,9-,10-/m0/s1. The Hall–Kier alpha value is -1.10. The topological polar surface area (TPSA) is 75.6 Å². The zero-order chi connectivity index (χ0) is 12.6. The summed E-state index contributed by atoms with van der Waals surface area (Å²) in [4.78, 5) is 23.3. The van der Waals surface area contributed by atoms with Gasteiger partial charge >= 0.3 is 5.97 Å². The second-order valence-corrected chi connectivity index (χ2v) is 5.00. The summed E-state index contributed by atoms with van der Waals surface area (Å²) in [6.07, 6.45) is 1.92. The first kappa shape index (κ1) is 12.4. The third kappa shape index (κ3) is 2.16. The van der Waals surface area contributed by atoms with Gasteiger partial charge in [0.1, 0.15) is 0 Å². The Morgan fingerprint density at radius 3 is 2.47 bits per heavy atom. The molecule has 0 spiro atoms. The van der Waals surface area contributed by atoms with Crippen molar-refractivity contribution in [2.45, 2.75) is 51.4 Å². The molecule has 5 nitrogen and oxygen atoms in total. The third-order valence-electron chi connectivity index (χ3n) is 3.86. The van der Waals surface area contributed by atoms with Crippen molar-refractivity contribution in [2.24, 2.45) is 11.8 Å². The fourth-order valence-electron chi connectivity index (χ4n) is 2.77. The normalized spacial score (nSPS) is 36.8. The summed E-state index contributed by atoms with van der Waals surface area (Å²) < 4.78 is 5.55. The van der Waals surface area contributed by atoms with Crippen molar-refractivity contribution >= 4 is 11.9 Å². The Labute approximate surface area is 101 Å². The lowest BCUT2D eigenvalue weighted by Gasteiger charge is -2.25. The minimum absolute atomic E-state index is 0.0797. The van der Waals surface area contributed by atoms with Gasteiger partial charge in [0.25, 0.3) is 0 Å². The lowest BCUT2D eigenvalue weighted by Crippen LogP contribution is -2.46. The molecule has 0 aromatic rings. The van der Waals surface area contributed by atoms with Gasteiger partial charge in [0.15, 0.2) is 0 Å². The molecule has 2 aliphatic rings. The number of carbonyl (C=O) groups is 2. The van der Waals surface area contributed by atoms with Gasteiger partial charge in [-0.1, -0.05) is 6.92 Å². The van der Waals surface area contributed by atoms with Gasteiger partial charge in [-0.3, -0.25) is 9.59 Å². The van der Waals surface area contributed by atoms with Gasteiger partial charge in [0.2, 0.25) is 5.91 Å². The van der Waals surface area contributed by atoms with Gasteiger partial charge in [-0.05, 0) is 26.2 Å². The first-order valence-electron chi connectivity index (χ1n) is 6.23. The largest absolute Gasteiger partial charge is 0.481 e. The molecular formula is C12H19NO4. The highest BCUT2D eigenvalue weighted by atomic mass is 16.5. The summed E-state index contributed by atoms with van der Waals surface area (Å²) in [6.45, 7) is 3.90. The van der Waals surface area contributed by atoms with Crippen LogP contribution < -0.4 is 5.32 Å². The van der Waals surface area contributed by atoms with E-state index in [1.165, 1.54) is 0 Å². The molecule has 2 fully saturated rings. The first-order chi connectivity index (χ1) is 8.04. The van der Waals surface area contributed by atoms with Crippen LogP contribution in [0.25, 0.3) is 0 Å². The average molecular weight is 241 g/mol. The number of rotatable bonds is 4. The number of carboxylic acid groups (broad SMARTS) is 1. The molecule has 0 aromatic carbocycles. The minimum Gasteiger partial charge on any atom is -0.481 e. The summed E-state index contributed by atoms with van der Waals surface area (Å²) in [5, 5.41) is 12.0. The number of fused-ring (bicyclic) bond motifs is 2. The third-order valence-corrected chi connectivity index (χ3v) is 3.86. The highest BCUT2D eigenvalue weighted by Crippen LogP contribution is 2.43. The molecule has 2 aliphatic heterocycles. The molecule has 2 saturated heterocycles. The Morgan fingerprint density at radius 1 is 1.35 bits per heavy atom. The van der Waals surface area contributed by atoms with Crippen LogP contribution in [-0.2, 0) is 14.3 Å². The lowest BCUT2D eigenvalue weighted by atomic mass is 9.78. The maximum Gasteiger partial charge on any atom is 0.310 e. The lowest BCUT2D eigenvalue weighted by molar-refractivity contribution is -0.148. The summed E-state index contributed by atoms with van der Waals surface area (Å²) in [5.41, 5.74) is 0. The Kier molecular flexibility index (Phi) is 3.38. The van der Waals surface area contributed by atoms with E-state index in [1.807, 2.05) is 13.8 Å². The quantitative estimate of drug-likeness (QED) is 0.762. The molecule has 17 heavy (non-hydrogen) atoms. The monoisotopic (exact) mass is 241 g/mol. The molecule has 0 aromatic heterocycles. The molecule has 0 radical (unpaired) electrons. The van der Waals surface area contributed by atoms with Crippen LogP contribution in [0.4, 0.5) is 0 Å². The van der Waals surface area contributed by atoms with Crippen LogP contribution in [0.1, 0.15) is 33.1 Å². The number of ether oxygens (including phenoxy) is 1. The van der Waals surface area contributed by atoms with Crippen molar-refractivity contribution in [1.29, 1.82) is 0 Å². The molecule has 5 atom stereocenters. The van der Waals surface area contributed by atoms with E-state index in [9.17, 15) is 14.7 Å². The van der Waals surface area contributed by atoms with Gasteiger partial charge in [0, 0.05) is 6.04 Å². The van der Waals surface area contributed by atoms with Crippen molar-refractivity contribution in [3.63, 3.8) is 0 Å².